The van der Waals surface area contributed by atoms with Crippen LogP contribution in [0.2, 0.25) is 0 Å². The Hall–Kier alpha value is -1.53. The molecule has 1 aromatic carbocycles. The summed E-state index contributed by atoms with van der Waals surface area (Å²) in [6.45, 7) is 2.20. The van der Waals surface area contributed by atoms with Crippen LogP contribution in [0.1, 0.15) is 62.2 Å². The Kier molecular flexibility index (Phi) is 7.42. The summed E-state index contributed by atoms with van der Waals surface area (Å²) in [6, 6.07) is 7.50. The molecule has 0 amide bonds. The molecule has 1 aliphatic heterocycles. The van der Waals surface area contributed by atoms with Gasteiger partial charge in [0.1, 0.15) is 0 Å². The number of fused-ring (bicyclic) bond motifs is 1. The molecule has 0 aromatic heterocycles. The summed E-state index contributed by atoms with van der Waals surface area (Å²) in [5.74, 6) is -0.248. The first-order valence-electron chi connectivity index (χ1n) is 8.02. The number of allylic oxidation sites excluding steroid dienone is 1. The van der Waals surface area contributed by atoms with Crippen LogP contribution in [-0.2, 0) is 3.07 Å². The van der Waals surface area contributed by atoms with Crippen LogP contribution in [-0.4, -0.2) is 5.97 Å². The first-order chi connectivity index (χ1) is 11.3. The number of halogens is 1. The topological polar surface area (TPSA) is 75.1 Å². The van der Waals surface area contributed by atoms with Crippen molar-refractivity contribution in [2.75, 3.05) is 0 Å². The summed E-state index contributed by atoms with van der Waals surface area (Å²) in [7, 11) is 0. The van der Waals surface area contributed by atoms with E-state index in [1.165, 1.54) is 25.7 Å². The van der Waals surface area contributed by atoms with Gasteiger partial charge in [-0.1, -0.05) is 0 Å². The summed E-state index contributed by atoms with van der Waals surface area (Å²) < 4.78 is 8.45. The standard InChI is InChI=1S/C17H22IN3O2/c1-2-3-4-5-6-7-10-14(20-21-19)13-18-16-12-9-8-11-15(16)17(22)23-18/h8-9,11-13H,2-7,10H2,1H3/b14-13+. The molecule has 0 fully saturated rings. The van der Waals surface area contributed by atoms with Gasteiger partial charge in [0.15, 0.2) is 0 Å². The monoisotopic (exact) mass is 427 g/mol. The quantitative estimate of drug-likeness (QED) is 0.151. The van der Waals surface area contributed by atoms with Crippen LogP contribution < -0.4 is 0 Å². The molecule has 5 nitrogen and oxygen atoms in total. The van der Waals surface area contributed by atoms with Gasteiger partial charge in [-0.3, -0.25) is 0 Å². The second kappa shape index (κ2) is 9.57. The van der Waals surface area contributed by atoms with Crippen LogP contribution in [0.3, 0.4) is 0 Å². The van der Waals surface area contributed by atoms with Gasteiger partial charge >= 0.3 is 145 Å². The van der Waals surface area contributed by atoms with E-state index in [1.807, 2.05) is 22.3 Å². The van der Waals surface area contributed by atoms with Gasteiger partial charge in [0.25, 0.3) is 0 Å². The Bertz CT molecular complexity index is 624. The molecular weight excluding hydrogens is 405 g/mol. The van der Waals surface area contributed by atoms with Crippen LogP contribution in [0, 0.1) is 3.57 Å². The van der Waals surface area contributed by atoms with Gasteiger partial charge < -0.3 is 0 Å². The van der Waals surface area contributed by atoms with E-state index >= 15 is 0 Å². The molecule has 0 aliphatic carbocycles. The first-order valence-corrected chi connectivity index (χ1v) is 11.2. The van der Waals surface area contributed by atoms with Crippen molar-refractivity contribution in [3.8, 4) is 0 Å². The molecule has 23 heavy (non-hydrogen) atoms. The number of nitrogens with zero attached hydrogens (tertiary/aromatic N) is 3. The maximum atomic E-state index is 11.9. The van der Waals surface area contributed by atoms with Crippen molar-refractivity contribution in [2.24, 2.45) is 5.11 Å². The predicted octanol–water partition coefficient (Wildman–Crippen LogP) is 6.35. The number of benzene rings is 1. The molecule has 0 unspecified atom stereocenters. The zero-order valence-corrected chi connectivity index (χ0v) is 15.5. The number of carbonyl (C=O) groups excluding carboxylic acids is 1. The fraction of sp³-hybridized carbons (Fsp3) is 0.471. The molecule has 0 atom stereocenters. The SMILES string of the molecule is CCCCCCCC/C(=C\I1OC(=O)c2ccccc21)N=[N+]=[N-]. The van der Waals surface area contributed by atoms with E-state index in [4.69, 9.17) is 8.60 Å². The molecule has 6 heteroatoms. The summed E-state index contributed by atoms with van der Waals surface area (Å²) >= 11 is -2.17. The van der Waals surface area contributed by atoms with E-state index in [2.05, 4.69) is 16.9 Å². The molecule has 0 radical (unpaired) electrons. The van der Waals surface area contributed by atoms with Crippen LogP contribution in [0.25, 0.3) is 10.4 Å². The van der Waals surface area contributed by atoms with Gasteiger partial charge in [0.05, 0.1) is 0 Å². The average molecular weight is 427 g/mol. The van der Waals surface area contributed by atoms with Gasteiger partial charge in [-0.15, -0.1) is 0 Å². The van der Waals surface area contributed by atoms with Gasteiger partial charge in [-0.2, -0.15) is 0 Å². The average Bonchev–Trinajstić information content (AvgIpc) is 2.87. The molecular formula is C17H22IN3O2. The third-order valence-electron chi connectivity index (χ3n) is 3.63. The third kappa shape index (κ3) is 5.25. The summed E-state index contributed by atoms with van der Waals surface area (Å²) in [5.41, 5.74) is 10.1. The van der Waals surface area contributed by atoms with Crippen molar-refractivity contribution < 1.29 is 7.86 Å². The van der Waals surface area contributed by atoms with Gasteiger partial charge in [-0.05, 0) is 0 Å². The molecule has 0 N–H and O–H groups in total. The molecule has 1 heterocycles. The van der Waals surface area contributed by atoms with E-state index in [9.17, 15) is 4.79 Å². The van der Waals surface area contributed by atoms with Gasteiger partial charge in [0, 0.05) is 0 Å². The molecule has 0 saturated carbocycles. The van der Waals surface area contributed by atoms with Crippen molar-refractivity contribution in [3.63, 3.8) is 0 Å². The van der Waals surface area contributed by atoms with Crippen molar-refractivity contribution in [3.05, 3.63) is 53.6 Å². The van der Waals surface area contributed by atoms with E-state index in [0.717, 1.165) is 28.5 Å². The molecule has 1 aliphatic rings. The fourth-order valence-electron chi connectivity index (χ4n) is 2.41. The number of unbranched alkanes of at least 4 members (excludes halogenated alkanes) is 5. The van der Waals surface area contributed by atoms with Crippen LogP contribution in [0.5, 0.6) is 0 Å². The molecule has 2 rings (SSSR count). The fourth-order valence-corrected chi connectivity index (χ4v) is 6.41. The van der Waals surface area contributed by atoms with E-state index < -0.39 is 20.2 Å². The zero-order valence-electron chi connectivity index (χ0n) is 13.4. The normalized spacial score (nSPS) is 15.1. The number of azide groups is 1. The predicted molar refractivity (Wildman–Crippen MR) is 99.8 cm³/mol. The Balaban J connectivity index is 1.97. The minimum atomic E-state index is -2.17. The Labute approximate surface area is 144 Å². The molecule has 0 bridgehead atoms. The van der Waals surface area contributed by atoms with E-state index in [1.54, 1.807) is 6.07 Å². The van der Waals surface area contributed by atoms with Crippen molar-refractivity contribution in [2.45, 2.75) is 51.9 Å². The zero-order chi connectivity index (χ0) is 16.5. The summed E-state index contributed by atoms with van der Waals surface area (Å²) in [4.78, 5) is 14.8. The third-order valence-corrected chi connectivity index (χ3v) is 7.88. The molecule has 124 valence electrons. The Morgan fingerprint density at radius 2 is 2.00 bits per heavy atom. The van der Waals surface area contributed by atoms with E-state index in [0.29, 0.717) is 5.56 Å². The second-order valence-corrected chi connectivity index (χ2v) is 9.22. The van der Waals surface area contributed by atoms with Crippen LogP contribution in [0.15, 0.2) is 39.2 Å². The second-order valence-electron chi connectivity index (χ2n) is 5.43. The van der Waals surface area contributed by atoms with Crippen molar-refractivity contribution in [1.29, 1.82) is 0 Å². The number of rotatable bonds is 9. The van der Waals surface area contributed by atoms with Gasteiger partial charge in [-0.25, -0.2) is 0 Å². The maximum absolute atomic E-state index is 11.9. The van der Waals surface area contributed by atoms with Crippen LogP contribution >= 0.6 is 20.2 Å². The van der Waals surface area contributed by atoms with Crippen molar-refractivity contribution in [1.82, 2.24) is 0 Å². The molecule has 0 saturated heterocycles. The number of hydrogen-bond acceptors (Lipinski definition) is 3. The van der Waals surface area contributed by atoms with E-state index in [-0.39, 0.29) is 5.97 Å². The Morgan fingerprint density at radius 3 is 2.78 bits per heavy atom. The van der Waals surface area contributed by atoms with Crippen molar-refractivity contribution >= 4 is 26.2 Å². The summed E-state index contributed by atoms with van der Waals surface area (Å²) in [6.07, 6.45) is 7.91. The Morgan fingerprint density at radius 1 is 1.26 bits per heavy atom. The molecule has 1 aromatic rings. The number of carbonyl (C=O) groups is 1. The van der Waals surface area contributed by atoms with Crippen LogP contribution in [0.4, 0.5) is 0 Å². The minimum absolute atomic E-state index is 0.248. The van der Waals surface area contributed by atoms with Gasteiger partial charge in [0.2, 0.25) is 0 Å². The summed E-state index contributed by atoms with van der Waals surface area (Å²) in [5, 5.41) is 3.81. The first kappa shape index (κ1) is 17.8. The number of hydrogen-bond donors (Lipinski definition) is 0. The molecule has 0 spiro atoms.